The Kier molecular flexibility index (Phi) is 6.06. The molecule has 0 radical (unpaired) electrons. The van der Waals surface area contributed by atoms with Crippen LogP contribution in [0.15, 0.2) is 11.6 Å². The van der Waals surface area contributed by atoms with E-state index in [1.807, 2.05) is 0 Å². The highest BCUT2D eigenvalue weighted by molar-refractivity contribution is 5.25. The summed E-state index contributed by atoms with van der Waals surface area (Å²) in [6.07, 6.45) is 12.1. The van der Waals surface area contributed by atoms with Crippen LogP contribution in [0, 0.1) is 23.2 Å². The van der Waals surface area contributed by atoms with Gasteiger partial charge in [-0.25, -0.2) is 0 Å². The van der Waals surface area contributed by atoms with Gasteiger partial charge in [0.15, 0.2) is 0 Å². The molecule has 3 nitrogen and oxygen atoms in total. The van der Waals surface area contributed by atoms with E-state index < -0.39 is 0 Å². The number of hydrogen-bond donors (Lipinski definition) is 0. The highest BCUT2D eigenvalue weighted by Crippen LogP contribution is 2.34. The average molecular weight is 277 g/mol. The third kappa shape index (κ3) is 4.07. The van der Waals surface area contributed by atoms with Crippen LogP contribution >= 0.6 is 0 Å². The van der Waals surface area contributed by atoms with E-state index >= 15 is 0 Å². The van der Waals surface area contributed by atoms with Gasteiger partial charge in [-0.2, -0.15) is 5.26 Å². The Balaban J connectivity index is 1.89. The summed E-state index contributed by atoms with van der Waals surface area (Å²) in [5.41, 5.74) is 1.03. The van der Waals surface area contributed by atoms with E-state index in [9.17, 15) is 5.26 Å². The largest absolute Gasteiger partial charge is 0.381 e. The molecule has 0 N–H and O–H groups in total. The lowest BCUT2D eigenvalue weighted by Gasteiger charge is -2.29. The summed E-state index contributed by atoms with van der Waals surface area (Å²) in [5, 5.41) is 9.46. The fourth-order valence-corrected chi connectivity index (χ4v) is 3.62. The van der Waals surface area contributed by atoms with Crippen molar-refractivity contribution in [1.82, 2.24) is 0 Å². The van der Waals surface area contributed by atoms with Gasteiger partial charge in [0, 0.05) is 19.8 Å². The molecule has 0 atom stereocenters. The first-order valence-electron chi connectivity index (χ1n) is 7.94. The van der Waals surface area contributed by atoms with Gasteiger partial charge in [-0.1, -0.05) is 6.08 Å². The molecule has 0 heterocycles. The summed E-state index contributed by atoms with van der Waals surface area (Å²) in [4.78, 5) is 0. The van der Waals surface area contributed by atoms with Gasteiger partial charge in [0.05, 0.1) is 18.3 Å². The second kappa shape index (κ2) is 7.81. The second-order valence-electron chi connectivity index (χ2n) is 6.22. The van der Waals surface area contributed by atoms with Gasteiger partial charge in [0.2, 0.25) is 0 Å². The summed E-state index contributed by atoms with van der Waals surface area (Å²) in [6, 6.07) is 2.47. The Morgan fingerprint density at radius 3 is 1.85 bits per heavy atom. The lowest BCUT2D eigenvalue weighted by atomic mass is 9.79. The molecule has 0 saturated heterocycles. The van der Waals surface area contributed by atoms with Crippen LogP contribution in [0.5, 0.6) is 0 Å². The zero-order chi connectivity index (χ0) is 14.4. The van der Waals surface area contributed by atoms with E-state index in [-0.39, 0.29) is 0 Å². The van der Waals surface area contributed by atoms with Crippen molar-refractivity contribution in [3.05, 3.63) is 11.6 Å². The fraction of sp³-hybridized carbons (Fsp3) is 0.824. The first kappa shape index (κ1) is 15.5. The maximum absolute atomic E-state index is 9.46. The summed E-state index contributed by atoms with van der Waals surface area (Å²) in [6.45, 7) is 0. The lowest BCUT2D eigenvalue weighted by molar-refractivity contribution is 0.0601. The first-order chi connectivity index (χ1) is 9.76. The molecule has 2 aliphatic carbocycles. The van der Waals surface area contributed by atoms with Crippen LogP contribution in [-0.2, 0) is 9.47 Å². The van der Waals surface area contributed by atoms with E-state index in [0.29, 0.717) is 24.0 Å². The van der Waals surface area contributed by atoms with E-state index in [0.717, 1.165) is 56.9 Å². The minimum atomic E-state index is 0.406. The van der Waals surface area contributed by atoms with Crippen LogP contribution in [0.2, 0.25) is 0 Å². The molecule has 0 aromatic rings. The Bertz CT molecular complexity index is 356. The van der Waals surface area contributed by atoms with Crippen molar-refractivity contribution in [3.8, 4) is 6.07 Å². The number of hydrogen-bond acceptors (Lipinski definition) is 3. The second-order valence-corrected chi connectivity index (χ2v) is 6.22. The van der Waals surface area contributed by atoms with Gasteiger partial charge in [-0.3, -0.25) is 0 Å². The molecule has 0 aromatic heterocycles. The molecular weight excluding hydrogens is 250 g/mol. The molecule has 0 aliphatic heterocycles. The molecule has 0 bridgehead atoms. The molecule has 0 aromatic carbocycles. The minimum absolute atomic E-state index is 0.406. The maximum Gasteiger partial charge on any atom is 0.0946 e. The highest BCUT2D eigenvalue weighted by Gasteiger charge is 2.25. The molecule has 0 spiro atoms. The molecule has 2 aliphatic rings. The van der Waals surface area contributed by atoms with Crippen LogP contribution in [-0.4, -0.2) is 26.4 Å². The Hall–Kier alpha value is -0.850. The Labute approximate surface area is 122 Å². The van der Waals surface area contributed by atoms with Crippen LogP contribution in [0.1, 0.15) is 51.4 Å². The maximum atomic E-state index is 9.46. The predicted molar refractivity (Wildman–Crippen MR) is 79.2 cm³/mol. The van der Waals surface area contributed by atoms with Crippen LogP contribution in [0.3, 0.4) is 0 Å². The van der Waals surface area contributed by atoms with Crippen LogP contribution in [0.4, 0.5) is 0 Å². The zero-order valence-electron chi connectivity index (χ0n) is 12.8. The van der Waals surface area contributed by atoms with Gasteiger partial charge in [0.1, 0.15) is 0 Å². The summed E-state index contributed by atoms with van der Waals surface area (Å²) in [5.74, 6) is 1.04. The van der Waals surface area contributed by atoms with E-state index in [1.54, 1.807) is 14.2 Å². The normalized spacial score (nSPS) is 35.5. The van der Waals surface area contributed by atoms with Crippen molar-refractivity contribution >= 4 is 0 Å². The number of ether oxygens (including phenoxy) is 2. The Morgan fingerprint density at radius 1 is 0.900 bits per heavy atom. The number of methoxy groups -OCH3 is 2. The number of nitrogens with zero attached hydrogens (tertiary/aromatic N) is 1. The molecule has 0 amide bonds. The van der Waals surface area contributed by atoms with E-state index in [1.165, 1.54) is 0 Å². The zero-order valence-corrected chi connectivity index (χ0v) is 12.8. The number of rotatable bonds is 4. The van der Waals surface area contributed by atoms with Crippen molar-refractivity contribution < 1.29 is 9.47 Å². The Morgan fingerprint density at radius 2 is 1.40 bits per heavy atom. The van der Waals surface area contributed by atoms with Crippen molar-refractivity contribution in [2.75, 3.05) is 14.2 Å². The highest BCUT2D eigenvalue weighted by atomic mass is 16.5. The predicted octanol–water partition coefficient (Wildman–Crippen LogP) is 3.85. The quantitative estimate of drug-likeness (QED) is 0.733. The molecule has 2 fully saturated rings. The van der Waals surface area contributed by atoms with E-state index in [4.69, 9.17) is 9.47 Å². The summed E-state index contributed by atoms with van der Waals surface area (Å²) < 4.78 is 10.8. The number of nitriles is 1. The van der Waals surface area contributed by atoms with Crippen LogP contribution < -0.4 is 0 Å². The molecule has 3 heteroatoms. The van der Waals surface area contributed by atoms with Gasteiger partial charge in [0.25, 0.3) is 0 Å². The molecular formula is C17H27NO2. The van der Waals surface area contributed by atoms with Gasteiger partial charge < -0.3 is 9.47 Å². The third-order valence-electron chi connectivity index (χ3n) is 5.04. The molecule has 112 valence electrons. The van der Waals surface area contributed by atoms with Crippen molar-refractivity contribution in [1.29, 1.82) is 5.26 Å². The fourth-order valence-electron chi connectivity index (χ4n) is 3.62. The summed E-state index contributed by atoms with van der Waals surface area (Å²) in [7, 11) is 3.59. The van der Waals surface area contributed by atoms with E-state index in [2.05, 4.69) is 12.1 Å². The van der Waals surface area contributed by atoms with Gasteiger partial charge in [-0.05, 0) is 63.2 Å². The van der Waals surface area contributed by atoms with Crippen molar-refractivity contribution in [2.45, 2.75) is 63.6 Å². The standard InChI is InChI=1S/C17H27NO2/c1-19-16-7-3-13(4-8-16)11-15(12-18)14-5-9-17(20-2)10-6-14/h11,13-14,16-17H,3-10H2,1-2H3/b15-11-. The third-order valence-corrected chi connectivity index (χ3v) is 5.04. The molecule has 20 heavy (non-hydrogen) atoms. The van der Waals surface area contributed by atoms with Crippen molar-refractivity contribution in [3.63, 3.8) is 0 Å². The van der Waals surface area contributed by atoms with Crippen LogP contribution in [0.25, 0.3) is 0 Å². The smallest absolute Gasteiger partial charge is 0.0946 e. The topological polar surface area (TPSA) is 42.2 Å². The monoisotopic (exact) mass is 277 g/mol. The van der Waals surface area contributed by atoms with Gasteiger partial charge >= 0.3 is 0 Å². The van der Waals surface area contributed by atoms with Gasteiger partial charge in [-0.15, -0.1) is 0 Å². The average Bonchev–Trinajstić information content (AvgIpc) is 2.53. The SMILES string of the molecule is COC1CCC(/C=C(/C#N)C2CCC(OC)CC2)CC1. The summed E-state index contributed by atoms with van der Waals surface area (Å²) >= 11 is 0. The molecule has 0 unspecified atom stereocenters. The lowest BCUT2D eigenvalue weighted by Crippen LogP contribution is -2.22. The number of allylic oxidation sites excluding steroid dienone is 2. The molecule has 2 saturated carbocycles. The first-order valence-corrected chi connectivity index (χ1v) is 7.94. The minimum Gasteiger partial charge on any atom is -0.381 e. The molecule has 2 rings (SSSR count). The van der Waals surface area contributed by atoms with Crippen molar-refractivity contribution in [2.24, 2.45) is 11.8 Å².